The maximum absolute atomic E-state index is 11.8. The first-order valence-corrected chi connectivity index (χ1v) is 7.20. The van der Waals surface area contributed by atoms with Gasteiger partial charge in [-0.15, -0.1) is 0 Å². The van der Waals surface area contributed by atoms with Gasteiger partial charge in [-0.1, -0.05) is 13.0 Å². The van der Waals surface area contributed by atoms with Gasteiger partial charge in [0.05, 0.1) is 5.69 Å². The molecule has 4 nitrogen and oxygen atoms in total. The van der Waals surface area contributed by atoms with E-state index in [-0.39, 0.29) is 5.56 Å². The zero-order valence-electron chi connectivity index (χ0n) is 10.6. The van der Waals surface area contributed by atoms with Crippen molar-refractivity contribution >= 4 is 17.4 Å². The van der Waals surface area contributed by atoms with Gasteiger partial charge in [-0.05, 0) is 18.4 Å². The quantitative estimate of drug-likeness (QED) is 0.889. The molecule has 0 fully saturated rings. The van der Waals surface area contributed by atoms with Gasteiger partial charge in [0.2, 0.25) is 0 Å². The average Bonchev–Trinajstić information content (AvgIpc) is 2.38. The molecule has 2 heterocycles. The molecule has 2 rings (SSSR count). The smallest absolute Gasteiger partial charge is 0.258 e. The molecule has 96 valence electrons. The number of fused-ring (bicyclic) bond motifs is 1. The molecule has 0 aliphatic carbocycles. The van der Waals surface area contributed by atoms with Gasteiger partial charge in [0.1, 0.15) is 5.65 Å². The molecule has 0 saturated carbocycles. The molecule has 1 N–H and O–H groups in total. The highest BCUT2D eigenvalue weighted by Gasteiger charge is 2.02. The molecule has 0 aliphatic rings. The second-order valence-corrected chi connectivity index (χ2v) is 5.47. The zero-order valence-corrected chi connectivity index (χ0v) is 11.4. The number of nitrogens with one attached hydrogen (secondary N) is 1. The largest absolute Gasteiger partial charge is 0.310 e. The fourth-order valence-corrected chi connectivity index (χ4v) is 1.96. The molecular weight excluding hydrogens is 246 g/mol. The second kappa shape index (κ2) is 6.02. The van der Waals surface area contributed by atoms with Gasteiger partial charge in [-0.3, -0.25) is 9.20 Å². The van der Waals surface area contributed by atoms with Crippen molar-refractivity contribution in [3.8, 4) is 0 Å². The lowest BCUT2D eigenvalue weighted by Gasteiger charge is -2.09. The van der Waals surface area contributed by atoms with E-state index >= 15 is 0 Å². The summed E-state index contributed by atoms with van der Waals surface area (Å²) in [5, 5.41) is 3.87. The van der Waals surface area contributed by atoms with Crippen LogP contribution in [0.2, 0.25) is 0 Å². The summed E-state index contributed by atoms with van der Waals surface area (Å²) in [5.41, 5.74) is 1.45. The van der Waals surface area contributed by atoms with E-state index < -0.39 is 0 Å². The molecule has 2 aromatic rings. The summed E-state index contributed by atoms with van der Waals surface area (Å²) in [6, 6.07) is 7.14. The van der Waals surface area contributed by atoms with E-state index in [2.05, 4.69) is 23.5 Å². The third kappa shape index (κ3) is 3.11. The number of hydrogen-bond donors (Lipinski definition) is 1. The van der Waals surface area contributed by atoms with Gasteiger partial charge in [0, 0.05) is 30.6 Å². The monoisotopic (exact) mass is 263 g/mol. The summed E-state index contributed by atoms with van der Waals surface area (Å²) in [7, 11) is 0. The van der Waals surface area contributed by atoms with Gasteiger partial charge in [0.15, 0.2) is 0 Å². The first-order chi connectivity index (χ1) is 8.70. The lowest BCUT2D eigenvalue weighted by molar-refractivity contribution is 0.671. The number of aromatic nitrogens is 2. The first kappa shape index (κ1) is 13.1. The predicted octanol–water partition coefficient (Wildman–Crippen LogP) is 1.54. The van der Waals surface area contributed by atoms with Gasteiger partial charge < -0.3 is 5.32 Å². The third-order valence-corrected chi connectivity index (χ3v) is 3.74. The summed E-state index contributed by atoms with van der Waals surface area (Å²) < 4.78 is 1.55. The SMILES string of the molecule is CSC(C)CNCc1cc(=O)n2ccccc2n1. The molecule has 0 amide bonds. The van der Waals surface area contributed by atoms with E-state index in [1.807, 2.05) is 30.0 Å². The van der Waals surface area contributed by atoms with Crippen LogP contribution < -0.4 is 10.9 Å². The van der Waals surface area contributed by atoms with E-state index in [9.17, 15) is 4.79 Å². The van der Waals surface area contributed by atoms with Gasteiger partial charge >= 0.3 is 0 Å². The minimum absolute atomic E-state index is 0.0321. The van der Waals surface area contributed by atoms with Crippen LogP contribution in [0.15, 0.2) is 35.3 Å². The summed E-state index contributed by atoms with van der Waals surface area (Å²) in [6.45, 7) is 3.71. The van der Waals surface area contributed by atoms with Crippen LogP contribution in [0.3, 0.4) is 0 Å². The highest BCUT2D eigenvalue weighted by molar-refractivity contribution is 7.99. The summed E-state index contributed by atoms with van der Waals surface area (Å²) >= 11 is 1.82. The van der Waals surface area contributed by atoms with E-state index in [1.165, 1.54) is 0 Å². The van der Waals surface area contributed by atoms with Gasteiger partial charge in [-0.2, -0.15) is 11.8 Å². The highest BCUT2D eigenvalue weighted by atomic mass is 32.2. The van der Waals surface area contributed by atoms with E-state index in [4.69, 9.17) is 0 Å². The Hall–Kier alpha value is -1.33. The van der Waals surface area contributed by atoms with Crippen LogP contribution in [-0.4, -0.2) is 27.4 Å². The topological polar surface area (TPSA) is 46.4 Å². The molecule has 0 aromatic carbocycles. The van der Waals surface area contributed by atoms with Crippen molar-refractivity contribution in [3.63, 3.8) is 0 Å². The van der Waals surface area contributed by atoms with E-state index in [1.54, 1.807) is 16.7 Å². The minimum Gasteiger partial charge on any atom is -0.310 e. The molecule has 0 radical (unpaired) electrons. The lowest BCUT2D eigenvalue weighted by Crippen LogP contribution is -2.24. The number of nitrogens with zero attached hydrogens (tertiary/aromatic N) is 2. The summed E-state index contributed by atoms with van der Waals surface area (Å²) in [4.78, 5) is 16.3. The molecule has 0 spiro atoms. The van der Waals surface area contributed by atoms with Crippen LogP contribution in [-0.2, 0) is 6.54 Å². The predicted molar refractivity (Wildman–Crippen MR) is 76.1 cm³/mol. The molecule has 5 heteroatoms. The Morgan fingerprint density at radius 1 is 1.50 bits per heavy atom. The Labute approximate surface area is 110 Å². The van der Waals surface area contributed by atoms with Crippen molar-refractivity contribution < 1.29 is 0 Å². The van der Waals surface area contributed by atoms with Crippen molar-refractivity contribution in [1.29, 1.82) is 0 Å². The Balaban J connectivity index is 2.12. The molecular formula is C13H17N3OS. The van der Waals surface area contributed by atoms with Gasteiger partial charge in [0.25, 0.3) is 5.56 Å². The van der Waals surface area contributed by atoms with Crippen LogP contribution in [0.25, 0.3) is 5.65 Å². The van der Waals surface area contributed by atoms with Crippen LogP contribution in [0.5, 0.6) is 0 Å². The molecule has 1 unspecified atom stereocenters. The Kier molecular flexibility index (Phi) is 4.38. The first-order valence-electron chi connectivity index (χ1n) is 5.91. The number of rotatable bonds is 5. The fourth-order valence-electron chi connectivity index (χ4n) is 1.68. The Morgan fingerprint density at radius 3 is 3.11 bits per heavy atom. The zero-order chi connectivity index (χ0) is 13.0. The molecule has 18 heavy (non-hydrogen) atoms. The maximum Gasteiger partial charge on any atom is 0.258 e. The molecule has 0 bridgehead atoms. The number of thioether (sulfide) groups is 1. The average molecular weight is 263 g/mol. The number of pyridine rings is 1. The van der Waals surface area contributed by atoms with Crippen molar-refractivity contribution in [2.45, 2.75) is 18.7 Å². The van der Waals surface area contributed by atoms with Crippen LogP contribution >= 0.6 is 11.8 Å². The van der Waals surface area contributed by atoms with E-state index in [0.717, 1.165) is 12.2 Å². The lowest BCUT2D eigenvalue weighted by atomic mass is 10.3. The van der Waals surface area contributed by atoms with Crippen LogP contribution in [0.4, 0.5) is 0 Å². The second-order valence-electron chi connectivity index (χ2n) is 4.19. The minimum atomic E-state index is -0.0321. The summed E-state index contributed by atoms with van der Waals surface area (Å²) in [5.74, 6) is 0. The third-order valence-electron chi connectivity index (χ3n) is 2.76. The normalized spacial score (nSPS) is 12.8. The molecule has 0 saturated heterocycles. The Bertz CT molecular complexity index is 582. The van der Waals surface area contributed by atoms with Crippen molar-refractivity contribution in [3.05, 3.63) is 46.5 Å². The fraction of sp³-hybridized carbons (Fsp3) is 0.385. The van der Waals surface area contributed by atoms with Crippen LogP contribution in [0.1, 0.15) is 12.6 Å². The summed E-state index contributed by atoms with van der Waals surface area (Å²) in [6.07, 6.45) is 3.82. The highest BCUT2D eigenvalue weighted by Crippen LogP contribution is 2.03. The maximum atomic E-state index is 11.8. The number of hydrogen-bond acceptors (Lipinski definition) is 4. The molecule has 2 aromatic heterocycles. The molecule has 1 atom stereocenters. The van der Waals surface area contributed by atoms with Crippen molar-refractivity contribution in [1.82, 2.24) is 14.7 Å². The standard InChI is InChI=1S/C13H17N3OS/c1-10(18-2)8-14-9-11-7-13(17)16-6-4-3-5-12(16)15-11/h3-7,10,14H,8-9H2,1-2H3. The van der Waals surface area contributed by atoms with Gasteiger partial charge in [-0.25, -0.2) is 4.98 Å². The van der Waals surface area contributed by atoms with Crippen molar-refractivity contribution in [2.24, 2.45) is 0 Å². The Morgan fingerprint density at radius 2 is 2.33 bits per heavy atom. The van der Waals surface area contributed by atoms with E-state index in [0.29, 0.717) is 17.4 Å². The van der Waals surface area contributed by atoms with Crippen LogP contribution in [0, 0.1) is 0 Å². The van der Waals surface area contributed by atoms with Crippen molar-refractivity contribution in [2.75, 3.05) is 12.8 Å². The molecule has 0 aliphatic heterocycles.